The number of aliphatic hydroxyl groups is 1. The largest absolute Gasteiger partial charge is 0.385 e. The van der Waals surface area contributed by atoms with E-state index in [2.05, 4.69) is 22.7 Å². The third-order valence-corrected chi connectivity index (χ3v) is 2.54. The minimum Gasteiger partial charge on any atom is -0.385 e. The van der Waals surface area contributed by atoms with E-state index in [0.29, 0.717) is 0 Å². The molecule has 3 nitrogen and oxygen atoms in total. The van der Waals surface area contributed by atoms with Crippen LogP contribution in [0.5, 0.6) is 0 Å². The van der Waals surface area contributed by atoms with E-state index in [9.17, 15) is 5.11 Å². The minimum absolute atomic E-state index is 0.334. The van der Waals surface area contributed by atoms with E-state index in [1.165, 1.54) is 0 Å². The summed E-state index contributed by atoms with van der Waals surface area (Å²) in [5, 5.41) is 9.66. The van der Waals surface area contributed by atoms with Crippen molar-refractivity contribution in [2.24, 2.45) is 0 Å². The zero-order valence-corrected chi connectivity index (χ0v) is 8.03. The van der Waals surface area contributed by atoms with Gasteiger partial charge in [0.05, 0.1) is 5.69 Å². The summed E-state index contributed by atoms with van der Waals surface area (Å²) in [5.74, 6) is 0.870. The second kappa shape index (κ2) is 3.50. The molecule has 1 aliphatic rings. The Balaban J connectivity index is 2.25. The highest BCUT2D eigenvalue weighted by Crippen LogP contribution is 2.24. The van der Waals surface area contributed by atoms with Gasteiger partial charge in [0, 0.05) is 12.7 Å². The van der Waals surface area contributed by atoms with Gasteiger partial charge in [0.15, 0.2) is 0 Å². The molecule has 0 radical (unpaired) electrons. The lowest BCUT2D eigenvalue weighted by atomic mass is 10.1. The Kier molecular flexibility index (Phi) is 2.36. The Morgan fingerprint density at radius 3 is 3.23 bits per heavy atom. The van der Waals surface area contributed by atoms with Crippen LogP contribution in [0.2, 0.25) is 0 Å². The number of nitrogens with zero attached hydrogens (tertiary/aromatic N) is 2. The second-order valence-electron chi connectivity index (χ2n) is 3.69. The highest BCUT2D eigenvalue weighted by Gasteiger charge is 2.19. The van der Waals surface area contributed by atoms with Crippen molar-refractivity contribution in [1.82, 2.24) is 9.55 Å². The van der Waals surface area contributed by atoms with Gasteiger partial charge in [-0.15, -0.1) is 0 Å². The molecule has 0 saturated heterocycles. The van der Waals surface area contributed by atoms with E-state index < -0.39 is 0 Å². The highest BCUT2D eigenvalue weighted by atomic mass is 16.3. The first-order valence-electron chi connectivity index (χ1n) is 5.05. The molecule has 0 saturated carbocycles. The van der Waals surface area contributed by atoms with Crippen LogP contribution in [0.3, 0.4) is 0 Å². The predicted octanol–water partition coefficient (Wildman–Crippen LogP) is 1.66. The maximum Gasteiger partial charge on any atom is 0.137 e. The van der Waals surface area contributed by atoms with Crippen molar-refractivity contribution in [3.05, 3.63) is 17.7 Å². The molecule has 0 aliphatic carbocycles. The summed E-state index contributed by atoms with van der Waals surface area (Å²) in [5.41, 5.74) is 1.12. The molecular formula is C10H16N2O. The SMILES string of the molecule is CCCc1cn2c(n1)C(O)CCC2. The van der Waals surface area contributed by atoms with Gasteiger partial charge < -0.3 is 9.67 Å². The summed E-state index contributed by atoms with van der Waals surface area (Å²) in [6, 6.07) is 0. The Morgan fingerprint density at radius 2 is 2.54 bits per heavy atom. The molecule has 0 aromatic carbocycles. The van der Waals surface area contributed by atoms with Crippen molar-refractivity contribution in [3.63, 3.8) is 0 Å². The first kappa shape index (κ1) is 8.75. The number of hydrogen-bond donors (Lipinski definition) is 1. The number of imidazole rings is 1. The predicted molar refractivity (Wildman–Crippen MR) is 50.4 cm³/mol. The van der Waals surface area contributed by atoms with Crippen molar-refractivity contribution in [2.45, 2.75) is 45.3 Å². The molecule has 1 aliphatic heterocycles. The molecule has 13 heavy (non-hydrogen) atoms. The van der Waals surface area contributed by atoms with E-state index in [4.69, 9.17) is 0 Å². The molecule has 2 rings (SSSR count). The summed E-state index contributed by atoms with van der Waals surface area (Å²) in [7, 11) is 0. The van der Waals surface area contributed by atoms with Crippen LogP contribution in [0.1, 0.15) is 43.8 Å². The maximum absolute atomic E-state index is 9.66. The van der Waals surface area contributed by atoms with Gasteiger partial charge in [-0.3, -0.25) is 0 Å². The number of fused-ring (bicyclic) bond motifs is 1. The van der Waals surface area contributed by atoms with Crippen molar-refractivity contribution >= 4 is 0 Å². The molecular weight excluding hydrogens is 164 g/mol. The van der Waals surface area contributed by atoms with Gasteiger partial charge in [-0.2, -0.15) is 0 Å². The van der Waals surface area contributed by atoms with Crippen molar-refractivity contribution in [1.29, 1.82) is 0 Å². The van der Waals surface area contributed by atoms with E-state index in [-0.39, 0.29) is 6.10 Å². The molecule has 2 heterocycles. The van der Waals surface area contributed by atoms with Crippen LogP contribution in [-0.2, 0) is 13.0 Å². The Bertz CT molecular complexity index is 293. The van der Waals surface area contributed by atoms with Crippen LogP contribution in [0, 0.1) is 0 Å². The Morgan fingerprint density at radius 1 is 1.69 bits per heavy atom. The van der Waals surface area contributed by atoms with Gasteiger partial charge in [-0.25, -0.2) is 4.98 Å². The standard InChI is InChI=1S/C10H16N2O/c1-2-4-8-7-12-6-3-5-9(13)10(12)11-8/h7,9,13H,2-6H2,1H3. The average molecular weight is 180 g/mol. The molecule has 1 unspecified atom stereocenters. The molecule has 3 heteroatoms. The normalized spacial score (nSPS) is 21.5. The van der Waals surface area contributed by atoms with Crippen LogP contribution in [0.15, 0.2) is 6.20 Å². The van der Waals surface area contributed by atoms with Gasteiger partial charge in [0.25, 0.3) is 0 Å². The van der Waals surface area contributed by atoms with Gasteiger partial charge in [-0.1, -0.05) is 13.3 Å². The fraction of sp³-hybridized carbons (Fsp3) is 0.700. The van der Waals surface area contributed by atoms with Gasteiger partial charge in [-0.05, 0) is 19.3 Å². The van der Waals surface area contributed by atoms with Crippen molar-refractivity contribution in [3.8, 4) is 0 Å². The quantitative estimate of drug-likeness (QED) is 0.751. The lowest BCUT2D eigenvalue weighted by molar-refractivity contribution is 0.133. The second-order valence-corrected chi connectivity index (χ2v) is 3.69. The summed E-state index contributed by atoms with van der Waals surface area (Å²) in [6.45, 7) is 3.16. The molecule has 0 spiro atoms. The van der Waals surface area contributed by atoms with Gasteiger partial charge in [0.2, 0.25) is 0 Å². The number of aromatic nitrogens is 2. The molecule has 1 atom stereocenters. The van der Waals surface area contributed by atoms with Crippen molar-refractivity contribution < 1.29 is 5.11 Å². The molecule has 0 fully saturated rings. The summed E-state index contributed by atoms with van der Waals surface area (Å²) < 4.78 is 2.10. The number of aliphatic hydroxyl groups excluding tert-OH is 1. The summed E-state index contributed by atoms with van der Waals surface area (Å²) in [6.07, 6.45) is 5.82. The first-order chi connectivity index (χ1) is 6.31. The maximum atomic E-state index is 9.66. The fourth-order valence-electron chi connectivity index (χ4n) is 1.89. The van der Waals surface area contributed by atoms with Gasteiger partial charge in [0.1, 0.15) is 11.9 Å². The van der Waals surface area contributed by atoms with Gasteiger partial charge >= 0.3 is 0 Å². The molecule has 72 valence electrons. The van der Waals surface area contributed by atoms with Crippen molar-refractivity contribution in [2.75, 3.05) is 0 Å². The molecule has 1 aromatic rings. The minimum atomic E-state index is -0.334. The molecule has 0 amide bonds. The van der Waals surface area contributed by atoms with E-state index >= 15 is 0 Å². The van der Waals surface area contributed by atoms with Crippen LogP contribution < -0.4 is 0 Å². The Labute approximate surface area is 78.4 Å². The average Bonchev–Trinajstić information content (AvgIpc) is 2.49. The van der Waals surface area contributed by atoms with Crippen LogP contribution in [0.4, 0.5) is 0 Å². The summed E-state index contributed by atoms with van der Waals surface area (Å²) >= 11 is 0. The zero-order valence-electron chi connectivity index (χ0n) is 8.03. The summed E-state index contributed by atoms with van der Waals surface area (Å²) in [4.78, 5) is 4.43. The number of aryl methyl sites for hydroxylation is 2. The Hall–Kier alpha value is -0.830. The van der Waals surface area contributed by atoms with Crippen LogP contribution in [0.25, 0.3) is 0 Å². The third kappa shape index (κ3) is 1.61. The zero-order chi connectivity index (χ0) is 9.26. The fourth-order valence-corrected chi connectivity index (χ4v) is 1.89. The van der Waals surface area contributed by atoms with Crippen LogP contribution >= 0.6 is 0 Å². The molecule has 1 N–H and O–H groups in total. The topological polar surface area (TPSA) is 38.0 Å². The highest BCUT2D eigenvalue weighted by molar-refractivity contribution is 5.08. The molecule has 0 bridgehead atoms. The third-order valence-electron chi connectivity index (χ3n) is 2.54. The van der Waals surface area contributed by atoms with E-state index in [1.54, 1.807) is 0 Å². The number of hydrogen-bond acceptors (Lipinski definition) is 2. The van der Waals surface area contributed by atoms with Crippen LogP contribution in [-0.4, -0.2) is 14.7 Å². The lowest BCUT2D eigenvalue weighted by Crippen LogP contribution is -2.14. The van der Waals surface area contributed by atoms with E-state index in [0.717, 1.165) is 43.7 Å². The number of rotatable bonds is 2. The monoisotopic (exact) mass is 180 g/mol. The lowest BCUT2D eigenvalue weighted by Gasteiger charge is -2.18. The van der Waals surface area contributed by atoms with E-state index in [1.807, 2.05) is 0 Å². The molecule has 1 aromatic heterocycles. The first-order valence-corrected chi connectivity index (χ1v) is 5.05. The smallest absolute Gasteiger partial charge is 0.137 e.